The van der Waals surface area contributed by atoms with Crippen molar-refractivity contribution in [2.24, 2.45) is 0 Å². The SMILES string of the molecule is CC(COc1ccc(C(C)(C)C)cc1)NCCC(c1ccccc1)c1ccccc1. The molecule has 0 aliphatic carbocycles. The van der Waals surface area contributed by atoms with Crippen LogP contribution in [0.3, 0.4) is 0 Å². The lowest BCUT2D eigenvalue weighted by atomic mass is 9.87. The van der Waals surface area contributed by atoms with Crippen molar-refractivity contribution in [3.8, 4) is 5.75 Å². The third-order valence-electron chi connectivity index (χ3n) is 5.55. The van der Waals surface area contributed by atoms with Gasteiger partial charge in [0, 0.05) is 12.0 Å². The van der Waals surface area contributed by atoms with E-state index in [1.54, 1.807) is 0 Å². The Labute approximate surface area is 182 Å². The summed E-state index contributed by atoms with van der Waals surface area (Å²) in [4.78, 5) is 0. The number of nitrogens with one attached hydrogen (secondary N) is 1. The summed E-state index contributed by atoms with van der Waals surface area (Å²) in [6, 6.07) is 30.3. The first-order valence-electron chi connectivity index (χ1n) is 11.0. The molecule has 30 heavy (non-hydrogen) atoms. The van der Waals surface area contributed by atoms with E-state index in [1.165, 1.54) is 16.7 Å². The first-order chi connectivity index (χ1) is 14.4. The second-order valence-electron chi connectivity index (χ2n) is 9.10. The summed E-state index contributed by atoms with van der Waals surface area (Å²) < 4.78 is 6.00. The summed E-state index contributed by atoms with van der Waals surface area (Å²) in [6.45, 7) is 10.5. The molecule has 0 aliphatic heterocycles. The number of hydrogen-bond donors (Lipinski definition) is 1. The molecular weight excluding hydrogens is 366 g/mol. The van der Waals surface area contributed by atoms with Crippen molar-refractivity contribution < 1.29 is 4.74 Å². The fourth-order valence-electron chi connectivity index (χ4n) is 3.70. The van der Waals surface area contributed by atoms with Crippen LogP contribution in [0.4, 0.5) is 0 Å². The number of benzene rings is 3. The molecule has 0 fully saturated rings. The highest BCUT2D eigenvalue weighted by atomic mass is 16.5. The molecule has 3 aromatic rings. The van der Waals surface area contributed by atoms with Gasteiger partial charge in [-0.25, -0.2) is 0 Å². The fourth-order valence-corrected chi connectivity index (χ4v) is 3.70. The van der Waals surface area contributed by atoms with Crippen molar-refractivity contribution in [2.75, 3.05) is 13.2 Å². The van der Waals surface area contributed by atoms with Crippen LogP contribution in [0.1, 0.15) is 56.7 Å². The molecule has 0 aromatic heterocycles. The van der Waals surface area contributed by atoms with E-state index in [-0.39, 0.29) is 5.41 Å². The maximum Gasteiger partial charge on any atom is 0.119 e. The summed E-state index contributed by atoms with van der Waals surface area (Å²) in [5.74, 6) is 1.33. The van der Waals surface area contributed by atoms with E-state index in [1.807, 2.05) is 0 Å². The monoisotopic (exact) mass is 401 g/mol. The topological polar surface area (TPSA) is 21.3 Å². The van der Waals surface area contributed by atoms with Crippen LogP contribution in [-0.4, -0.2) is 19.2 Å². The lowest BCUT2D eigenvalue weighted by Crippen LogP contribution is -2.33. The zero-order chi connectivity index (χ0) is 21.4. The molecule has 0 spiro atoms. The van der Waals surface area contributed by atoms with Gasteiger partial charge in [-0.15, -0.1) is 0 Å². The van der Waals surface area contributed by atoms with Crippen LogP contribution in [0.2, 0.25) is 0 Å². The number of ether oxygens (including phenoxy) is 1. The van der Waals surface area contributed by atoms with E-state index in [2.05, 4.69) is 118 Å². The zero-order valence-corrected chi connectivity index (χ0v) is 18.8. The molecule has 2 nitrogen and oxygen atoms in total. The Morgan fingerprint density at radius 1 is 0.767 bits per heavy atom. The minimum Gasteiger partial charge on any atom is -0.492 e. The Morgan fingerprint density at radius 3 is 1.80 bits per heavy atom. The molecule has 1 unspecified atom stereocenters. The predicted molar refractivity (Wildman–Crippen MR) is 127 cm³/mol. The van der Waals surface area contributed by atoms with Gasteiger partial charge in [0.2, 0.25) is 0 Å². The van der Waals surface area contributed by atoms with E-state index in [4.69, 9.17) is 4.74 Å². The average molecular weight is 402 g/mol. The van der Waals surface area contributed by atoms with E-state index < -0.39 is 0 Å². The predicted octanol–water partition coefficient (Wildman–Crippen LogP) is 6.56. The maximum atomic E-state index is 6.00. The van der Waals surface area contributed by atoms with Crippen LogP contribution in [0.5, 0.6) is 5.75 Å². The molecule has 0 radical (unpaired) electrons. The summed E-state index contributed by atoms with van der Waals surface area (Å²) in [5.41, 5.74) is 4.23. The van der Waals surface area contributed by atoms with Crippen molar-refractivity contribution in [2.45, 2.75) is 51.5 Å². The summed E-state index contributed by atoms with van der Waals surface area (Å²) >= 11 is 0. The molecule has 0 bridgehead atoms. The van der Waals surface area contributed by atoms with E-state index >= 15 is 0 Å². The molecular formula is C28H35NO. The Kier molecular flexibility index (Phi) is 7.70. The van der Waals surface area contributed by atoms with Gasteiger partial charge in [-0.1, -0.05) is 93.6 Å². The largest absolute Gasteiger partial charge is 0.492 e. The third kappa shape index (κ3) is 6.47. The first kappa shape index (κ1) is 22.1. The fraction of sp³-hybridized carbons (Fsp3) is 0.357. The second-order valence-corrected chi connectivity index (χ2v) is 9.10. The van der Waals surface area contributed by atoms with Gasteiger partial charge < -0.3 is 10.1 Å². The van der Waals surface area contributed by atoms with Gasteiger partial charge in [0.15, 0.2) is 0 Å². The lowest BCUT2D eigenvalue weighted by molar-refractivity contribution is 0.272. The van der Waals surface area contributed by atoms with Gasteiger partial charge in [0.25, 0.3) is 0 Å². The first-order valence-corrected chi connectivity index (χ1v) is 11.0. The highest BCUT2D eigenvalue weighted by molar-refractivity contribution is 5.32. The van der Waals surface area contributed by atoms with Crippen LogP contribution in [0.15, 0.2) is 84.9 Å². The third-order valence-corrected chi connectivity index (χ3v) is 5.55. The molecule has 0 heterocycles. The van der Waals surface area contributed by atoms with Crippen LogP contribution < -0.4 is 10.1 Å². The quantitative estimate of drug-likeness (QED) is 0.438. The van der Waals surface area contributed by atoms with Crippen LogP contribution in [-0.2, 0) is 5.41 Å². The maximum absolute atomic E-state index is 6.00. The van der Waals surface area contributed by atoms with Gasteiger partial charge in [-0.05, 0) is 54.1 Å². The Hall–Kier alpha value is -2.58. The Bertz CT molecular complexity index is 827. The minimum absolute atomic E-state index is 0.168. The average Bonchev–Trinajstić information content (AvgIpc) is 2.76. The van der Waals surface area contributed by atoms with Crippen LogP contribution in [0, 0.1) is 0 Å². The molecule has 0 saturated heterocycles. The molecule has 3 aromatic carbocycles. The highest BCUT2D eigenvalue weighted by Crippen LogP contribution is 2.27. The smallest absolute Gasteiger partial charge is 0.119 e. The Morgan fingerprint density at radius 2 is 1.30 bits per heavy atom. The molecule has 3 rings (SSSR count). The Balaban J connectivity index is 1.50. The molecule has 158 valence electrons. The number of hydrogen-bond acceptors (Lipinski definition) is 2. The molecule has 1 N–H and O–H groups in total. The normalized spacial score (nSPS) is 12.7. The highest BCUT2D eigenvalue weighted by Gasteiger charge is 2.15. The van der Waals surface area contributed by atoms with Crippen molar-refractivity contribution in [1.29, 1.82) is 0 Å². The van der Waals surface area contributed by atoms with E-state index in [9.17, 15) is 0 Å². The van der Waals surface area contributed by atoms with Crippen molar-refractivity contribution in [1.82, 2.24) is 5.32 Å². The van der Waals surface area contributed by atoms with Crippen molar-refractivity contribution in [3.63, 3.8) is 0 Å². The standard InChI is InChI=1S/C28H35NO/c1-22(21-30-26-17-15-25(16-18-26)28(2,3)4)29-20-19-27(23-11-7-5-8-12-23)24-13-9-6-10-14-24/h5-18,22,27,29H,19-21H2,1-4H3. The van der Waals surface area contributed by atoms with Crippen LogP contribution in [0.25, 0.3) is 0 Å². The summed E-state index contributed by atoms with van der Waals surface area (Å²) in [7, 11) is 0. The van der Waals surface area contributed by atoms with Crippen molar-refractivity contribution in [3.05, 3.63) is 102 Å². The summed E-state index contributed by atoms with van der Waals surface area (Å²) in [5, 5.41) is 3.63. The van der Waals surface area contributed by atoms with Gasteiger partial charge >= 0.3 is 0 Å². The van der Waals surface area contributed by atoms with E-state index in [0.29, 0.717) is 18.6 Å². The molecule has 2 heteroatoms. The zero-order valence-electron chi connectivity index (χ0n) is 18.8. The lowest BCUT2D eigenvalue weighted by Gasteiger charge is -2.21. The van der Waals surface area contributed by atoms with E-state index in [0.717, 1.165) is 18.7 Å². The molecule has 0 aliphatic rings. The minimum atomic E-state index is 0.168. The summed E-state index contributed by atoms with van der Waals surface area (Å²) in [6.07, 6.45) is 1.05. The molecule has 0 amide bonds. The second kappa shape index (κ2) is 10.4. The van der Waals surface area contributed by atoms with Gasteiger partial charge in [0.1, 0.15) is 12.4 Å². The van der Waals surface area contributed by atoms with Crippen LogP contribution >= 0.6 is 0 Å². The van der Waals surface area contributed by atoms with Crippen molar-refractivity contribution >= 4 is 0 Å². The molecule has 1 atom stereocenters. The van der Waals surface area contributed by atoms with Gasteiger partial charge in [-0.3, -0.25) is 0 Å². The van der Waals surface area contributed by atoms with Gasteiger partial charge in [0.05, 0.1) is 0 Å². The molecule has 0 saturated carbocycles. The van der Waals surface area contributed by atoms with Gasteiger partial charge in [-0.2, -0.15) is 0 Å². The number of rotatable bonds is 9.